The summed E-state index contributed by atoms with van der Waals surface area (Å²) in [4.78, 5) is 11.2. The van der Waals surface area contributed by atoms with Gasteiger partial charge in [0.2, 0.25) is 5.91 Å². The van der Waals surface area contributed by atoms with Crippen LogP contribution in [0, 0.1) is 0 Å². The zero-order valence-electron chi connectivity index (χ0n) is 11.5. The average molecular weight is 294 g/mol. The molecule has 5 nitrogen and oxygen atoms in total. The first-order chi connectivity index (χ1) is 10.1. The fourth-order valence-corrected chi connectivity index (χ4v) is 1.81. The molecule has 0 aliphatic heterocycles. The van der Waals surface area contributed by atoms with E-state index in [0.717, 1.165) is 11.3 Å². The van der Waals surface area contributed by atoms with E-state index in [9.17, 15) is 13.6 Å². The van der Waals surface area contributed by atoms with Gasteiger partial charge in [-0.2, -0.15) is 5.10 Å². The fourth-order valence-electron chi connectivity index (χ4n) is 1.81. The van der Waals surface area contributed by atoms with Crippen LogP contribution in [-0.4, -0.2) is 22.7 Å². The summed E-state index contributed by atoms with van der Waals surface area (Å²) in [5, 5.41) is 9.62. The minimum Gasteiger partial charge on any atom is -0.378 e. The molecule has 7 heteroatoms. The van der Waals surface area contributed by atoms with E-state index in [1.165, 1.54) is 16.8 Å². The molecule has 1 aromatic carbocycles. The highest BCUT2D eigenvalue weighted by atomic mass is 19.3. The van der Waals surface area contributed by atoms with Crippen molar-refractivity contribution in [3.05, 3.63) is 47.8 Å². The van der Waals surface area contributed by atoms with Gasteiger partial charge in [0.1, 0.15) is 6.54 Å². The lowest BCUT2D eigenvalue weighted by molar-refractivity contribution is -0.121. The molecule has 0 aliphatic rings. The number of nitrogens with zero attached hydrogens (tertiary/aromatic N) is 2. The molecular weight excluding hydrogens is 278 g/mol. The number of benzene rings is 1. The summed E-state index contributed by atoms with van der Waals surface area (Å²) in [6, 6.07) is 6.24. The molecule has 112 valence electrons. The Labute approximate surface area is 121 Å². The quantitative estimate of drug-likeness (QED) is 0.858. The normalized spacial score (nSPS) is 10.7. The number of carbonyl (C=O) groups excluding carboxylic acids is 1. The minimum absolute atomic E-state index is 0.00427. The topological polar surface area (TPSA) is 59.0 Å². The number of aromatic nitrogens is 2. The van der Waals surface area contributed by atoms with E-state index in [1.54, 1.807) is 31.6 Å². The second-order valence-electron chi connectivity index (χ2n) is 4.50. The van der Waals surface area contributed by atoms with Gasteiger partial charge in [0.15, 0.2) is 0 Å². The number of halogens is 2. The van der Waals surface area contributed by atoms with Crippen molar-refractivity contribution in [2.75, 3.05) is 12.4 Å². The monoisotopic (exact) mass is 294 g/mol. The maximum atomic E-state index is 12.6. The van der Waals surface area contributed by atoms with Gasteiger partial charge in [-0.1, -0.05) is 18.2 Å². The van der Waals surface area contributed by atoms with Crippen LogP contribution in [0.25, 0.3) is 0 Å². The molecular formula is C14H16F2N4O. The molecule has 0 saturated carbocycles. The Hall–Kier alpha value is -2.44. The molecule has 1 amide bonds. The van der Waals surface area contributed by atoms with Crippen LogP contribution < -0.4 is 10.6 Å². The summed E-state index contributed by atoms with van der Waals surface area (Å²) in [6.45, 7) is 0.547. The standard InChI is InChI=1S/C14H16F2N4O/c1-17-13(21)9-20-8-12(7-19-20)18-6-10-3-2-4-11(5-10)14(15)16/h2-5,7-8,14,18H,6,9H2,1H3,(H,17,21). The van der Waals surface area contributed by atoms with E-state index in [1.807, 2.05) is 0 Å². The Bertz CT molecular complexity index is 613. The van der Waals surface area contributed by atoms with Crippen molar-refractivity contribution in [1.29, 1.82) is 0 Å². The van der Waals surface area contributed by atoms with Crippen LogP contribution in [0.2, 0.25) is 0 Å². The van der Waals surface area contributed by atoms with Gasteiger partial charge in [-0.3, -0.25) is 9.48 Å². The number of carbonyl (C=O) groups is 1. The molecule has 0 unspecified atom stereocenters. The zero-order chi connectivity index (χ0) is 15.2. The summed E-state index contributed by atoms with van der Waals surface area (Å²) < 4.78 is 26.7. The highest BCUT2D eigenvalue weighted by Gasteiger charge is 2.07. The zero-order valence-corrected chi connectivity index (χ0v) is 11.5. The van der Waals surface area contributed by atoms with Crippen molar-refractivity contribution >= 4 is 11.6 Å². The molecule has 0 bridgehead atoms. The molecule has 0 aliphatic carbocycles. The Balaban J connectivity index is 1.94. The SMILES string of the molecule is CNC(=O)Cn1cc(NCc2cccc(C(F)F)c2)cn1. The number of rotatable bonds is 6. The first kappa shape index (κ1) is 15.0. The molecule has 2 N–H and O–H groups in total. The highest BCUT2D eigenvalue weighted by molar-refractivity contribution is 5.75. The lowest BCUT2D eigenvalue weighted by atomic mass is 10.1. The van der Waals surface area contributed by atoms with Crippen molar-refractivity contribution < 1.29 is 13.6 Å². The van der Waals surface area contributed by atoms with Crippen LogP contribution in [0.3, 0.4) is 0 Å². The van der Waals surface area contributed by atoms with Gasteiger partial charge >= 0.3 is 0 Å². The average Bonchev–Trinajstić information content (AvgIpc) is 2.92. The molecule has 0 atom stereocenters. The largest absolute Gasteiger partial charge is 0.378 e. The Morgan fingerprint density at radius 3 is 2.95 bits per heavy atom. The summed E-state index contributed by atoms with van der Waals surface area (Å²) in [5.74, 6) is -0.144. The van der Waals surface area contributed by atoms with Crippen LogP contribution in [-0.2, 0) is 17.9 Å². The predicted octanol–water partition coefficient (Wildman–Crippen LogP) is 2.18. The number of likely N-dealkylation sites (N-methyl/N-ethyl adjacent to an activating group) is 1. The lowest BCUT2D eigenvalue weighted by Gasteiger charge is -2.06. The molecule has 2 rings (SSSR count). The maximum absolute atomic E-state index is 12.6. The van der Waals surface area contributed by atoms with Gasteiger partial charge in [-0.25, -0.2) is 8.78 Å². The van der Waals surface area contributed by atoms with E-state index < -0.39 is 6.43 Å². The van der Waals surface area contributed by atoms with Gasteiger partial charge in [0.25, 0.3) is 6.43 Å². The maximum Gasteiger partial charge on any atom is 0.263 e. The third-order valence-electron chi connectivity index (χ3n) is 2.92. The summed E-state index contributed by atoms with van der Waals surface area (Å²) in [7, 11) is 1.56. The third kappa shape index (κ3) is 4.27. The lowest BCUT2D eigenvalue weighted by Crippen LogP contribution is -2.23. The van der Waals surface area contributed by atoms with Crippen molar-refractivity contribution in [2.24, 2.45) is 0 Å². The van der Waals surface area contributed by atoms with Gasteiger partial charge in [-0.05, 0) is 11.6 Å². The van der Waals surface area contributed by atoms with E-state index in [2.05, 4.69) is 15.7 Å². The highest BCUT2D eigenvalue weighted by Crippen LogP contribution is 2.19. The van der Waals surface area contributed by atoms with Crippen molar-refractivity contribution in [1.82, 2.24) is 15.1 Å². The van der Waals surface area contributed by atoms with Crippen LogP contribution in [0.4, 0.5) is 14.5 Å². The molecule has 2 aromatic rings. The molecule has 0 fully saturated rings. The minimum atomic E-state index is -2.47. The number of hydrogen-bond donors (Lipinski definition) is 2. The number of anilines is 1. The molecule has 1 aromatic heterocycles. The summed E-state index contributed by atoms with van der Waals surface area (Å²) in [6.07, 6.45) is 0.798. The molecule has 0 saturated heterocycles. The fraction of sp³-hybridized carbons (Fsp3) is 0.286. The Morgan fingerprint density at radius 1 is 1.43 bits per heavy atom. The molecule has 21 heavy (non-hydrogen) atoms. The van der Waals surface area contributed by atoms with Crippen molar-refractivity contribution in [3.63, 3.8) is 0 Å². The van der Waals surface area contributed by atoms with Gasteiger partial charge in [0, 0.05) is 25.4 Å². The summed E-state index contributed by atoms with van der Waals surface area (Å²) >= 11 is 0. The number of amides is 1. The molecule has 0 radical (unpaired) electrons. The van der Waals surface area contributed by atoms with E-state index in [-0.39, 0.29) is 18.0 Å². The Kier molecular flexibility index (Phi) is 4.86. The van der Waals surface area contributed by atoms with Crippen molar-refractivity contribution in [2.45, 2.75) is 19.5 Å². The van der Waals surface area contributed by atoms with E-state index in [4.69, 9.17) is 0 Å². The van der Waals surface area contributed by atoms with Gasteiger partial charge in [0.05, 0.1) is 11.9 Å². The van der Waals surface area contributed by atoms with Crippen molar-refractivity contribution in [3.8, 4) is 0 Å². The van der Waals surface area contributed by atoms with E-state index >= 15 is 0 Å². The van der Waals surface area contributed by atoms with Crippen LogP contribution in [0.15, 0.2) is 36.7 Å². The third-order valence-corrected chi connectivity index (χ3v) is 2.92. The number of nitrogens with one attached hydrogen (secondary N) is 2. The number of alkyl halides is 2. The second-order valence-corrected chi connectivity index (χ2v) is 4.50. The predicted molar refractivity (Wildman–Crippen MR) is 75.0 cm³/mol. The van der Waals surface area contributed by atoms with Crippen LogP contribution >= 0.6 is 0 Å². The van der Waals surface area contributed by atoms with E-state index in [0.29, 0.717) is 6.54 Å². The first-order valence-corrected chi connectivity index (χ1v) is 6.42. The molecule has 1 heterocycles. The van der Waals surface area contributed by atoms with Gasteiger partial charge < -0.3 is 10.6 Å². The summed E-state index contributed by atoms with van der Waals surface area (Å²) in [5.41, 5.74) is 1.48. The van der Waals surface area contributed by atoms with Gasteiger partial charge in [-0.15, -0.1) is 0 Å². The van der Waals surface area contributed by atoms with Crippen LogP contribution in [0.5, 0.6) is 0 Å². The smallest absolute Gasteiger partial charge is 0.263 e. The second kappa shape index (κ2) is 6.83. The number of hydrogen-bond acceptors (Lipinski definition) is 3. The van der Waals surface area contributed by atoms with Crippen LogP contribution in [0.1, 0.15) is 17.6 Å². The molecule has 0 spiro atoms. The Morgan fingerprint density at radius 2 is 2.24 bits per heavy atom. The first-order valence-electron chi connectivity index (χ1n) is 6.42.